The number of thioether (sulfide) groups is 1. The smallest absolute Gasteiger partial charge is 0.234 e. The van der Waals surface area contributed by atoms with E-state index in [9.17, 15) is 4.79 Å². The maximum Gasteiger partial charge on any atom is 0.234 e. The van der Waals surface area contributed by atoms with Crippen LogP contribution in [0.25, 0.3) is 11.4 Å². The normalized spacial score (nSPS) is 13.6. The fourth-order valence-corrected chi connectivity index (χ4v) is 3.81. The van der Waals surface area contributed by atoms with Crippen molar-refractivity contribution in [3.63, 3.8) is 0 Å². The Morgan fingerprint density at radius 2 is 1.96 bits per heavy atom. The van der Waals surface area contributed by atoms with Crippen molar-refractivity contribution in [1.82, 2.24) is 19.7 Å². The van der Waals surface area contributed by atoms with Gasteiger partial charge < -0.3 is 5.32 Å². The summed E-state index contributed by atoms with van der Waals surface area (Å²) < 4.78 is 2.16. The molecule has 0 spiro atoms. The largest absolute Gasteiger partial charge is 0.325 e. The van der Waals surface area contributed by atoms with Gasteiger partial charge in [0.15, 0.2) is 11.0 Å². The number of benzene rings is 1. The number of aryl methyl sites for hydroxylation is 2. The Morgan fingerprint density at radius 3 is 2.67 bits per heavy atom. The third kappa shape index (κ3) is 4.03. The second kappa shape index (κ2) is 7.52. The average Bonchev–Trinajstić information content (AvgIpc) is 3.42. The number of pyridine rings is 1. The van der Waals surface area contributed by atoms with Gasteiger partial charge in [-0.3, -0.25) is 14.3 Å². The number of carbonyl (C=O) groups excluding carboxylic acids is 1. The van der Waals surface area contributed by atoms with Gasteiger partial charge in [0.1, 0.15) is 0 Å². The molecule has 1 aliphatic carbocycles. The first kappa shape index (κ1) is 17.7. The number of hydrogen-bond donors (Lipinski definition) is 1. The van der Waals surface area contributed by atoms with Gasteiger partial charge in [-0.2, -0.15) is 0 Å². The standard InChI is InChI=1S/C20H21N5OS/c1-13-3-6-17(14(2)11-13)22-18(26)12-27-20-24-23-19(25(20)16-4-5-16)15-7-9-21-10-8-15/h3,6-11,16H,4-5,12H2,1-2H3,(H,22,26). The molecule has 1 aliphatic rings. The van der Waals surface area contributed by atoms with Crippen LogP contribution in [0.3, 0.4) is 0 Å². The Labute approximate surface area is 162 Å². The van der Waals surface area contributed by atoms with Gasteiger partial charge in [0.2, 0.25) is 5.91 Å². The zero-order chi connectivity index (χ0) is 18.8. The van der Waals surface area contributed by atoms with Crippen molar-refractivity contribution in [2.24, 2.45) is 0 Å². The SMILES string of the molecule is Cc1ccc(NC(=O)CSc2nnc(-c3ccncc3)n2C2CC2)c(C)c1. The van der Waals surface area contributed by atoms with Crippen molar-refractivity contribution in [1.29, 1.82) is 0 Å². The first-order chi connectivity index (χ1) is 13.1. The van der Waals surface area contributed by atoms with Crippen LogP contribution in [-0.2, 0) is 4.79 Å². The van der Waals surface area contributed by atoms with E-state index in [1.165, 1.54) is 17.3 Å². The van der Waals surface area contributed by atoms with Crippen LogP contribution >= 0.6 is 11.8 Å². The molecule has 1 aromatic carbocycles. The van der Waals surface area contributed by atoms with Crippen LogP contribution in [0.1, 0.15) is 30.0 Å². The van der Waals surface area contributed by atoms with Crippen molar-refractivity contribution < 1.29 is 4.79 Å². The summed E-state index contributed by atoms with van der Waals surface area (Å²) in [5.74, 6) is 1.11. The highest BCUT2D eigenvalue weighted by molar-refractivity contribution is 7.99. The quantitative estimate of drug-likeness (QED) is 0.655. The summed E-state index contributed by atoms with van der Waals surface area (Å²) in [6.07, 6.45) is 5.76. The van der Waals surface area contributed by atoms with Gasteiger partial charge in [0.25, 0.3) is 0 Å². The highest BCUT2D eigenvalue weighted by atomic mass is 32.2. The number of amides is 1. The number of nitrogens with one attached hydrogen (secondary N) is 1. The molecule has 2 heterocycles. The van der Waals surface area contributed by atoms with Crippen LogP contribution in [0.15, 0.2) is 47.9 Å². The molecule has 138 valence electrons. The first-order valence-electron chi connectivity index (χ1n) is 8.97. The first-order valence-corrected chi connectivity index (χ1v) is 9.95. The summed E-state index contributed by atoms with van der Waals surface area (Å²) >= 11 is 1.43. The van der Waals surface area contributed by atoms with Gasteiger partial charge in [-0.1, -0.05) is 29.5 Å². The maximum atomic E-state index is 12.4. The molecule has 1 fully saturated rings. The lowest BCUT2D eigenvalue weighted by atomic mass is 10.1. The van der Waals surface area contributed by atoms with Crippen molar-refractivity contribution in [2.45, 2.75) is 37.9 Å². The fraction of sp³-hybridized carbons (Fsp3) is 0.300. The zero-order valence-corrected chi connectivity index (χ0v) is 16.2. The molecule has 1 amide bonds. The van der Waals surface area contributed by atoms with Crippen LogP contribution in [0.4, 0.5) is 5.69 Å². The number of carbonyl (C=O) groups is 1. The Balaban J connectivity index is 1.47. The van der Waals surface area contributed by atoms with Crippen LogP contribution in [-0.4, -0.2) is 31.4 Å². The molecule has 3 aromatic rings. The maximum absolute atomic E-state index is 12.4. The molecule has 0 bridgehead atoms. The number of hydrogen-bond acceptors (Lipinski definition) is 5. The van der Waals surface area contributed by atoms with Crippen LogP contribution in [0.5, 0.6) is 0 Å². The van der Waals surface area contributed by atoms with Gasteiger partial charge in [0.05, 0.1) is 5.75 Å². The summed E-state index contributed by atoms with van der Waals surface area (Å²) in [7, 11) is 0. The molecule has 27 heavy (non-hydrogen) atoms. The highest BCUT2D eigenvalue weighted by Gasteiger charge is 2.30. The van der Waals surface area contributed by atoms with Crippen LogP contribution < -0.4 is 5.32 Å². The van der Waals surface area contributed by atoms with E-state index in [0.29, 0.717) is 11.8 Å². The molecular weight excluding hydrogens is 358 g/mol. The summed E-state index contributed by atoms with van der Waals surface area (Å²) in [5, 5.41) is 12.5. The van der Waals surface area contributed by atoms with E-state index in [4.69, 9.17) is 0 Å². The van der Waals surface area contributed by atoms with E-state index >= 15 is 0 Å². The molecule has 0 unspecified atom stereocenters. The monoisotopic (exact) mass is 379 g/mol. The Morgan fingerprint density at radius 1 is 1.19 bits per heavy atom. The number of aromatic nitrogens is 4. The molecule has 0 atom stereocenters. The topological polar surface area (TPSA) is 72.7 Å². The molecule has 2 aromatic heterocycles. The minimum absolute atomic E-state index is 0.0391. The molecule has 0 aliphatic heterocycles. The van der Waals surface area contributed by atoms with E-state index in [1.54, 1.807) is 12.4 Å². The summed E-state index contributed by atoms with van der Waals surface area (Å²) in [6, 6.07) is 10.3. The lowest BCUT2D eigenvalue weighted by molar-refractivity contribution is -0.113. The number of nitrogens with zero attached hydrogens (tertiary/aromatic N) is 4. The third-order valence-corrected chi connectivity index (χ3v) is 5.45. The second-order valence-electron chi connectivity index (χ2n) is 6.80. The van der Waals surface area contributed by atoms with E-state index in [0.717, 1.165) is 40.6 Å². The average molecular weight is 379 g/mol. The molecule has 7 heteroatoms. The van der Waals surface area contributed by atoms with E-state index in [1.807, 2.05) is 38.1 Å². The third-order valence-electron chi connectivity index (χ3n) is 4.50. The lowest BCUT2D eigenvalue weighted by Gasteiger charge is -2.10. The second-order valence-corrected chi connectivity index (χ2v) is 7.74. The minimum atomic E-state index is -0.0391. The molecule has 1 saturated carbocycles. The molecule has 4 rings (SSSR count). The Hall–Kier alpha value is -2.67. The predicted octanol–water partition coefficient (Wildman–Crippen LogP) is 4.02. The van der Waals surface area contributed by atoms with Gasteiger partial charge in [-0.25, -0.2) is 0 Å². The summed E-state index contributed by atoms with van der Waals surface area (Å²) in [5.41, 5.74) is 4.10. The molecule has 1 N–H and O–H groups in total. The van der Waals surface area contributed by atoms with Crippen molar-refractivity contribution >= 4 is 23.4 Å². The summed E-state index contributed by atoms with van der Waals surface area (Å²) in [6.45, 7) is 4.04. The molecule has 0 radical (unpaired) electrons. The molecular formula is C20H21N5OS. The Kier molecular flexibility index (Phi) is 4.94. The van der Waals surface area contributed by atoms with E-state index < -0.39 is 0 Å². The van der Waals surface area contributed by atoms with Crippen molar-refractivity contribution in [3.8, 4) is 11.4 Å². The van der Waals surface area contributed by atoms with Gasteiger partial charge >= 0.3 is 0 Å². The van der Waals surface area contributed by atoms with Crippen molar-refractivity contribution in [2.75, 3.05) is 11.1 Å². The van der Waals surface area contributed by atoms with Crippen LogP contribution in [0.2, 0.25) is 0 Å². The minimum Gasteiger partial charge on any atom is -0.325 e. The summed E-state index contributed by atoms with van der Waals surface area (Å²) in [4.78, 5) is 16.5. The van der Waals surface area contributed by atoms with E-state index in [2.05, 4.69) is 31.1 Å². The van der Waals surface area contributed by atoms with Gasteiger partial charge in [-0.05, 0) is 50.5 Å². The lowest BCUT2D eigenvalue weighted by Crippen LogP contribution is -2.15. The fourth-order valence-electron chi connectivity index (χ4n) is 3.01. The highest BCUT2D eigenvalue weighted by Crippen LogP contribution is 2.40. The van der Waals surface area contributed by atoms with Crippen LogP contribution in [0, 0.1) is 13.8 Å². The number of anilines is 1. The van der Waals surface area contributed by atoms with Gasteiger partial charge in [0, 0.05) is 29.7 Å². The number of rotatable bonds is 6. The van der Waals surface area contributed by atoms with Crippen molar-refractivity contribution in [3.05, 3.63) is 53.9 Å². The molecule has 0 saturated heterocycles. The zero-order valence-electron chi connectivity index (χ0n) is 15.3. The Bertz CT molecular complexity index is 966. The predicted molar refractivity (Wildman–Crippen MR) is 107 cm³/mol. The van der Waals surface area contributed by atoms with Gasteiger partial charge in [-0.15, -0.1) is 10.2 Å². The van der Waals surface area contributed by atoms with E-state index in [-0.39, 0.29) is 5.91 Å². The molecule has 6 nitrogen and oxygen atoms in total.